The lowest BCUT2D eigenvalue weighted by Crippen LogP contribution is -2.21. The van der Waals surface area contributed by atoms with Crippen molar-refractivity contribution in [2.75, 3.05) is 20.8 Å². The first-order valence-electron chi connectivity index (χ1n) is 9.07. The highest BCUT2D eigenvalue weighted by atomic mass is 16.5. The number of methoxy groups -OCH3 is 2. The maximum absolute atomic E-state index is 12.5. The van der Waals surface area contributed by atoms with Crippen LogP contribution in [0.1, 0.15) is 43.0 Å². The number of hydrogen-bond acceptors (Lipinski definition) is 6. The fourth-order valence-electron chi connectivity index (χ4n) is 2.93. The minimum Gasteiger partial charge on any atom is -0.507 e. The standard InChI is InChI=1S/C21H27NO6/c1-12(2)11-28-18-9-14(6-7-17(18)26-4)15(10-19(24)27-5)20-16(23)8-13(3)22-21(20)25/h6-9,12,15H,10-11H2,1-5H3,(H2,22,23,25)/t15-/m1/s1. The molecular weight excluding hydrogens is 362 g/mol. The number of esters is 1. The van der Waals surface area contributed by atoms with Crippen molar-refractivity contribution in [1.82, 2.24) is 4.98 Å². The van der Waals surface area contributed by atoms with Crippen molar-refractivity contribution in [2.24, 2.45) is 5.92 Å². The quantitative estimate of drug-likeness (QED) is 0.673. The third-order valence-electron chi connectivity index (χ3n) is 4.29. The lowest BCUT2D eigenvalue weighted by atomic mass is 9.88. The number of carbonyl (C=O) groups is 1. The first-order chi connectivity index (χ1) is 13.3. The number of benzene rings is 1. The summed E-state index contributed by atoms with van der Waals surface area (Å²) in [4.78, 5) is 27.2. The van der Waals surface area contributed by atoms with Crippen molar-refractivity contribution < 1.29 is 24.1 Å². The summed E-state index contributed by atoms with van der Waals surface area (Å²) >= 11 is 0. The van der Waals surface area contributed by atoms with Gasteiger partial charge in [-0.1, -0.05) is 19.9 Å². The maximum Gasteiger partial charge on any atom is 0.306 e. The lowest BCUT2D eigenvalue weighted by molar-refractivity contribution is -0.140. The Balaban J connectivity index is 2.57. The van der Waals surface area contributed by atoms with E-state index >= 15 is 0 Å². The van der Waals surface area contributed by atoms with E-state index in [0.717, 1.165) is 0 Å². The third kappa shape index (κ3) is 5.06. The van der Waals surface area contributed by atoms with E-state index in [-0.39, 0.29) is 17.7 Å². The van der Waals surface area contributed by atoms with Gasteiger partial charge in [-0.05, 0) is 36.6 Å². The number of nitrogens with one attached hydrogen (secondary N) is 1. The van der Waals surface area contributed by atoms with Crippen molar-refractivity contribution in [3.8, 4) is 17.2 Å². The van der Waals surface area contributed by atoms with Crippen LogP contribution >= 0.6 is 0 Å². The predicted molar refractivity (Wildman–Crippen MR) is 105 cm³/mol. The molecule has 0 aliphatic rings. The summed E-state index contributed by atoms with van der Waals surface area (Å²) in [7, 11) is 2.82. The molecule has 0 bridgehead atoms. The highest BCUT2D eigenvalue weighted by molar-refractivity contribution is 5.71. The first-order valence-corrected chi connectivity index (χ1v) is 9.07. The zero-order chi connectivity index (χ0) is 20.8. The topological polar surface area (TPSA) is 97.8 Å². The molecule has 0 saturated heterocycles. The van der Waals surface area contributed by atoms with E-state index in [4.69, 9.17) is 14.2 Å². The summed E-state index contributed by atoms with van der Waals surface area (Å²) in [5, 5.41) is 10.4. The lowest BCUT2D eigenvalue weighted by Gasteiger charge is -2.20. The van der Waals surface area contributed by atoms with Crippen molar-refractivity contribution in [3.63, 3.8) is 0 Å². The second kappa shape index (κ2) is 9.30. The summed E-state index contributed by atoms with van der Waals surface area (Å²) in [6.45, 7) is 6.21. The van der Waals surface area contributed by atoms with Gasteiger partial charge in [-0.25, -0.2) is 0 Å². The molecule has 1 aromatic carbocycles. The van der Waals surface area contributed by atoms with Crippen LogP contribution in [0.2, 0.25) is 0 Å². The van der Waals surface area contributed by atoms with Gasteiger partial charge in [0.05, 0.1) is 32.8 Å². The number of ether oxygens (including phenoxy) is 3. The SMILES string of the molecule is COC(=O)C[C@H](c1ccc(OC)c(OCC(C)C)c1)c1c(O)cc(C)[nH]c1=O. The van der Waals surface area contributed by atoms with Gasteiger partial charge in [0, 0.05) is 11.6 Å². The molecule has 7 heteroatoms. The average molecular weight is 389 g/mol. The molecule has 0 aliphatic heterocycles. The van der Waals surface area contributed by atoms with E-state index in [2.05, 4.69) is 4.98 Å². The van der Waals surface area contributed by atoms with Crippen LogP contribution in [0.5, 0.6) is 17.2 Å². The van der Waals surface area contributed by atoms with Crippen LogP contribution in [-0.2, 0) is 9.53 Å². The Morgan fingerprint density at radius 3 is 2.46 bits per heavy atom. The van der Waals surface area contributed by atoms with Crippen LogP contribution in [0, 0.1) is 12.8 Å². The van der Waals surface area contributed by atoms with Crippen molar-refractivity contribution >= 4 is 5.97 Å². The van der Waals surface area contributed by atoms with Gasteiger partial charge in [0.15, 0.2) is 11.5 Å². The molecule has 28 heavy (non-hydrogen) atoms. The fourth-order valence-corrected chi connectivity index (χ4v) is 2.93. The number of aromatic nitrogens is 1. The molecule has 152 valence electrons. The first kappa shape index (κ1) is 21.3. The molecular formula is C21H27NO6. The summed E-state index contributed by atoms with van der Waals surface area (Å²) in [6, 6.07) is 6.65. The van der Waals surface area contributed by atoms with Gasteiger partial charge < -0.3 is 24.3 Å². The zero-order valence-electron chi connectivity index (χ0n) is 16.9. The third-order valence-corrected chi connectivity index (χ3v) is 4.29. The van der Waals surface area contributed by atoms with Crippen LogP contribution in [0.25, 0.3) is 0 Å². The normalized spacial score (nSPS) is 11.9. The van der Waals surface area contributed by atoms with Gasteiger partial charge >= 0.3 is 5.97 Å². The minimum atomic E-state index is -0.705. The molecule has 0 radical (unpaired) electrons. The monoisotopic (exact) mass is 389 g/mol. The average Bonchev–Trinajstić information content (AvgIpc) is 2.64. The molecule has 0 aliphatic carbocycles. The number of pyridine rings is 1. The Bertz CT molecular complexity index is 887. The van der Waals surface area contributed by atoms with E-state index in [0.29, 0.717) is 35.3 Å². The number of H-pyrrole nitrogens is 1. The highest BCUT2D eigenvalue weighted by Gasteiger charge is 2.26. The minimum absolute atomic E-state index is 0.105. The number of aromatic amines is 1. The number of carbonyl (C=O) groups excluding carboxylic acids is 1. The van der Waals surface area contributed by atoms with Gasteiger partial charge in [-0.2, -0.15) is 0 Å². The molecule has 2 rings (SSSR count). The van der Waals surface area contributed by atoms with Crippen molar-refractivity contribution in [2.45, 2.75) is 33.1 Å². The molecule has 0 fully saturated rings. The number of aryl methyl sites for hydroxylation is 1. The predicted octanol–water partition coefficient (Wildman–Crippen LogP) is 3.13. The summed E-state index contributed by atoms with van der Waals surface area (Å²) < 4.78 is 16.0. The number of hydrogen-bond donors (Lipinski definition) is 2. The second-order valence-corrected chi connectivity index (χ2v) is 7.03. The molecule has 0 spiro atoms. The van der Waals surface area contributed by atoms with Gasteiger partial charge in [0.1, 0.15) is 5.75 Å². The molecule has 1 atom stereocenters. The van der Waals surface area contributed by atoms with Crippen LogP contribution < -0.4 is 15.0 Å². The molecule has 2 aromatic rings. The second-order valence-electron chi connectivity index (χ2n) is 7.03. The summed E-state index contributed by atoms with van der Waals surface area (Å²) in [5.41, 5.74) is 0.816. The van der Waals surface area contributed by atoms with E-state index in [9.17, 15) is 14.7 Å². The maximum atomic E-state index is 12.5. The van der Waals surface area contributed by atoms with E-state index < -0.39 is 17.4 Å². The van der Waals surface area contributed by atoms with Gasteiger partial charge in [-0.15, -0.1) is 0 Å². The zero-order valence-corrected chi connectivity index (χ0v) is 16.9. The van der Waals surface area contributed by atoms with Crippen LogP contribution in [0.15, 0.2) is 29.1 Å². The Morgan fingerprint density at radius 1 is 1.18 bits per heavy atom. The molecule has 1 heterocycles. The van der Waals surface area contributed by atoms with Crippen molar-refractivity contribution in [3.05, 3.63) is 51.4 Å². The van der Waals surface area contributed by atoms with Gasteiger partial charge in [-0.3, -0.25) is 9.59 Å². The molecule has 7 nitrogen and oxygen atoms in total. The number of rotatable bonds is 8. The summed E-state index contributed by atoms with van der Waals surface area (Å²) in [6.07, 6.45) is -0.105. The molecule has 1 aromatic heterocycles. The molecule has 2 N–H and O–H groups in total. The Morgan fingerprint density at radius 2 is 1.89 bits per heavy atom. The Kier molecular flexibility index (Phi) is 7.09. The smallest absolute Gasteiger partial charge is 0.306 e. The van der Waals surface area contributed by atoms with E-state index in [1.807, 2.05) is 13.8 Å². The van der Waals surface area contributed by atoms with Gasteiger partial charge in [0.25, 0.3) is 5.56 Å². The molecule has 0 saturated carbocycles. The highest BCUT2D eigenvalue weighted by Crippen LogP contribution is 2.37. The molecule has 0 amide bonds. The Labute approximate surface area is 164 Å². The van der Waals surface area contributed by atoms with Crippen molar-refractivity contribution in [1.29, 1.82) is 0 Å². The largest absolute Gasteiger partial charge is 0.507 e. The van der Waals surface area contributed by atoms with Gasteiger partial charge in [0.2, 0.25) is 0 Å². The van der Waals surface area contributed by atoms with E-state index in [1.165, 1.54) is 13.2 Å². The fraction of sp³-hybridized carbons (Fsp3) is 0.429. The Hall–Kier alpha value is -2.96. The van der Waals surface area contributed by atoms with Crippen LogP contribution in [0.4, 0.5) is 0 Å². The molecule has 0 unspecified atom stereocenters. The van der Waals surface area contributed by atoms with E-state index in [1.54, 1.807) is 32.2 Å². The van der Waals surface area contributed by atoms with Crippen LogP contribution in [0.3, 0.4) is 0 Å². The summed E-state index contributed by atoms with van der Waals surface area (Å²) in [5.74, 6) is -0.0114. The van der Waals surface area contributed by atoms with Crippen LogP contribution in [-0.4, -0.2) is 36.9 Å². The number of aromatic hydroxyl groups is 1.